The summed E-state index contributed by atoms with van der Waals surface area (Å²) < 4.78 is 2.16. The van der Waals surface area contributed by atoms with Crippen LogP contribution >= 0.6 is 0 Å². The molecule has 0 aliphatic carbocycles. The smallest absolute Gasteiger partial charge is 0.127 e. The number of nitrogens with zero attached hydrogens (tertiary/aromatic N) is 3. The second-order valence-corrected chi connectivity index (χ2v) is 5.42. The van der Waals surface area contributed by atoms with Crippen LogP contribution in [0, 0.1) is 0 Å². The highest BCUT2D eigenvalue weighted by Crippen LogP contribution is 2.25. The van der Waals surface area contributed by atoms with Crippen molar-refractivity contribution >= 4 is 11.0 Å². The van der Waals surface area contributed by atoms with Gasteiger partial charge in [0, 0.05) is 6.54 Å². The van der Waals surface area contributed by atoms with Crippen LogP contribution in [-0.2, 0) is 13.0 Å². The molecule has 2 rings (SSSR count). The van der Waals surface area contributed by atoms with E-state index in [0.29, 0.717) is 6.54 Å². The predicted molar refractivity (Wildman–Crippen MR) is 87.5 cm³/mol. The van der Waals surface area contributed by atoms with Crippen LogP contribution in [0.2, 0.25) is 0 Å². The summed E-state index contributed by atoms with van der Waals surface area (Å²) in [6, 6.07) is 6.71. The Morgan fingerprint density at radius 1 is 1.24 bits per heavy atom. The van der Waals surface area contributed by atoms with Crippen LogP contribution in [-0.4, -0.2) is 39.3 Å². The van der Waals surface area contributed by atoms with Crippen LogP contribution in [0.3, 0.4) is 0 Å². The summed E-state index contributed by atoms with van der Waals surface area (Å²) in [6.45, 7) is 11.4. The Morgan fingerprint density at radius 3 is 2.52 bits per heavy atom. The zero-order valence-corrected chi connectivity index (χ0v) is 13.6. The molecule has 0 aliphatic heterocycles. The third-order valence-corrected chi connectivity index (χ3v) is 4.31. The molecule has 1 N–H and O–H groups in total. The van der Waals surface area contributed by atoms with Crippen LogP contribution < -0.4 is 0 Å². The molecular weight excluding hydrogens is 262 g/mol. The van der Waals surface area contributed by atoms with Gasteiger partial charge in [0.05, 0.1) is 23.7 Å². The number of benzene rings is 1. The standard InChI is InChI=1S/C17H27N3O/c1-5-14-8-9-16-15(12-14)18-17(20(16)10-11-21)13(4)19(6-2)7-3/h8-9,12-13,21H,5-7,10-11H2,1-4H3. The summed E-state index contributed by atoms with van der Waals surface area (Å²) >= 11 is 0. The molecule has 1 unspecified atom stereocenters. The average Bonchev–Trinajstić information content (AvgIpc) is 2.86. The minimum Gasteiger partial charge on any atom is -0.395 e. The Bertz CT molecular complexity index is 587. The van der Waals surface area contributed by atoms with Gasteiger partial charge in [0.2, 0.25) is 0 Å². The first-order valence-electron chi connectivity index (χ1n) is 8.00. The van der Waals surface area contributed by atoms with E-state index in [1.807, 2.05) is 0 Å². The predicted octanol–water partition coefficient (Wildman–Crippen LogP) is 2.99. The molecular formula is C17H27N3O. The Balaban J connectivity index is 2.52. The van der Waals surface area contributed by atoms with Crippen molar-refractivity contribution in [1.29, 1.82) is 0 Å². The van der Waals surface area contributed by atoms with Crippen molar-refractivity contribution in [1.82, 2.24) is 14.5 Å². The third kappa shape index (κ3) is 3.11. The van der Waals surface area contributed by atoms with E-state index in [2.05, 4.69) is 55.4 Å². The van der Waals surface area contributed by atoms with Crippen LogP contribution in [0.15, 0.2) is 18.2 Å². The molecule has 4 nitrogen and oxygen atoms in total. The lowest BCUT2D eigenvalue weighted by molar-refractivity contribution is 0.216. The van der Waals surface area contributed by atoms with E-state index in [0.717, 1.165) is 36.4 Å². The highest BCUT2D eigenvalue weighted by atomic mass is 16.3. The van der Waals surface area contributed by atoms with Gasteiger partial charge in [-0.25, -0.2) is 4.98 Å². The second kappa shape index (κ2) is 7.05. The van der Waals surface area contributed by atoms with Crippen molar-refractivity contribution in [2.75, 3.05) is 19.7 Å². The molecule has 0 spiro atoms. The van der Waals surface area contributed by atoms with E-state index in [9.17, 15) is 5.11 Å². The normalized spacial score (nSPS) is 13.2. The lowest BCUT2D eigenvalue weighted by atomic mass is 10.1. The average molecular weight is 289 g/mol. The molecule has 0 amide bonds. The molecule has 0 radical (unpaired) electrons. The minimum absolute atomic E-state index is 0.138. The molecule has 0 bridgehead atoms. The van der Waals surface area contributed by atoms with E-state index in [-0.39, 0.29) is 12.6 Å². The van der Waals surface area contributed by atoms with Crippen molar-refractivity contribution in [3.05, 3.63) is 29.6 Å². The number of aliphatic hydroxyl groups is 1. The largest absolute Gasteiger partial charge is 0.395 e. The first-order valence-corrected chi connectivity index (χ1v) is 8.00. The Labute approximate surface area is 127 Å². The SMILES string of the molecule is CCc1ccc2c(c1)nc(C(C)N(CC)CC)n2CCO. The van der Waals surface area contributed by atoms with Crippen molar-refractivity contribution in [3.8, 4) is 0 Å². The molecule has 4 heteroatoms. The highest BCUT2D eigenvalue weighted by molar-refractivity contribution is 5.77. The Kier molecular flexibility index (Phi) is 5.37. The fraction of sp³-hybridized carbons (Fsp3) is 0.588. The van der Waals surface area contributed by atoms with Crippen molar-refractivity contribution in [2.45, 2.75) is 46.7 Å². The topological polar surface area (TPSA) is 41.3 Å². The van der Waals surface area contributed by atoms with Gasteiger partial charge in [0.15, 0.2) is 0 Å². The maximum atomic E-state index is 9.40. The molecule has 1 heterocycles. The van der Waals surface area contributed by atoms with Gasteiger partial charge in [0.25, 0.3) is 0 Å². The molecule has 0 aliphatic rings. The monoisotopic (exact) mass is 289 g/mol. The number of aliphatic hydroxyl groups excluding tert-OH is 1. The summed E-state index contributed by atoms with van der Waals surface area (Å²) in [7, 11) is 0. The van der Waals surface area contributed by atoms with E-state index < -0.39 is 0 Å². The zero-order chi connectivity index (χ0) is 15.4. The van der Waals surface area contributed by atoms with Gasteiger partial charge in [-0.3, -0.25) is 4.90 Å². The molecule has 116 valence electrons. The lowest BCUT2D eigenvalue weighted by Gasteiger charge is -2.26. The molecule has 2 aromatic rings. The van der Waals surface area contributed by atoms with Gasteiger partial charge in [-0.1, -0.05) is 26.8 Å². The van der Waals surface area contributed by atoms with Crippen LogP contribution in [0.4, 0.5) is 0 Å². The van der Waals surface area contributed by atoms with Crippen LogP contribution in [0.5, 0.6) is 0 Å². The molecule has 21 heavy (non-hydrogen) atoms. The van der Waals surface area contributed by atoms with Crippen molar-refractivity contribution in [3.63, 3.8) is 0 Å². The van der Waals surface area contributed by atoms with E-state index in [1.165, 1.54) is 5.56 Å². The first kappa shape index (κ1) is 16.0. The second-order valence-electron chi connectivity index (χ2n) is 5.42. The fourth-order valence-electron chi connectivity index (χ4n) is 3.00. The maximum Gasteiger partial charge on any atom is 0.127 e. The van der Waals surface area contributed by atoms with E-state index in [1.54, 1.807) is 0 Å². The van der Waals surface area contributed by atoms with Crippen molar-refractivity contribution < 1.29 is 5.11 Å². The number of hydrogen-bond donors (Lipinski definition) is 1. The zero-order valence-electron chi connectivity index (χ0n) is 13.6. The molecule has 1 aromatic heterocycles. The number of aryl methyl sites for hydroxylation is 1. The molecule has 0 saturated carbocycles. The lowest BCUT2D eigenvalue weighted by Crippen LogP contribution is -2.28. The number of hydrogen-bond acceptors (Lipinski definition) is 3. The summed E-state index contributed by atoms with van der Waals surface area (Å²) in [5.74, 6) is 1.05. The Morgan fingerprint density at radius 2 is 1.95 bits per heavy atom. The quantitative estimate of drug-likeness (QED) is 0.852. The molecule has 1 aromatic carbocycles. The number of aromatic nitrogens is 2. The molecule has 0 saturated heterocycles. The van der Waals surface area contributed by atoms with Gasteiger partial charge >= 0.3 is 0 Å². The van der Waals surface area contributed by atoms with Crippen molar-refractivity contribution in [2.24, 2.45) is 0 Å². The van der Waals surface area contributed by atoms with E-state index >= 15 is 0 Å². The summed E-state index contributed by atoms with van der Waals surface area (Å²) in [5, 5.41) is 9.40. The van der Waals surface area contributed by atoms with Crippen LogP contribution in [0.1, 0.15) is 45.1 Å². The first-order chi connectivity index (χ1) is 10.2. The highest BCUT2D eigenvalue weighted by Gasteiger charge is 2.20. The van der Waals surface area contributed by atoms with Gasteiger partial charge in [-0.15, -0.1) is 0 Å². The van der Waals surface area contributed by atoms with Crippen LogP contribution in [0.25, 0.3) is 11.0 Å². The number of imidazole rings is 1. The maximum absolute atomic E-state index is 9.40. The number of fused-ring (bicyclic) bond motifs is 1. The number of rotatable bonds is 7. The minimum atomic E-state index is 0.138. The van der Waals surface area contributed by atoms with Gasteiger partial charge in [-0.2, -0.15) is 0 Å². The third-order valence-electron chi connectivity index (χ3n) is 4.31. The fourth-order valence-corrected chi connectivity index (χ4v) is 3.00. The van der Waals surface area contributed by atoms with Gasteiger partial charge in [-0.05, 0) is 44.1 Å². The van der Waals surface area contributed by atoms with E-state index in [4.69, 9.17) is 4.98 Å². The summed E-state index contributed by atoms with van der Waals surface area (Å²) in [4.78, 5) is 7.25. The molecule has 0 fully saturated rings. The Hall–Kier alpha value is -1.39. The molecule has 1 atom stereocenters. The van der Waals surface area contributed by atoms with Gasteiger partial charge < -0.3 is 9.67 Å². The summed E-state index contributed by atoms with van der Waals surface area (Å²) in [5.41, 5.74) is 3.46. The summed E-state index contributed by atoms with van der Waals surface area (Å²) in [6.07, 6.45) is 1.02. The van der Waals surface area contributed by atoms with Gasteiger partial charge in [0.1, 0.15) is 5.82 Å².